The minimum Gasteiger partial charge on any atom is -0.448 e. The fraction of sp³-hybridized carbons (Fsp3) is 0.167. The second-order valence-electron chi connectivity index (χ2n) is 3.59. The number of amides is 1. The van der Waals surface area contributed by atoms with Gasteiger partial charge in [0.1, 0.15) is 5.76 Å². The van der Waals surface area contributed by atoms with Gasteiger partial charge >= 0.3 is 0 Å². The van der Waals surface area contributed by atoms with Gasteiger partial charge in [0.05, 0.1) is 12.1 Å². The van der Waals surface area contributed by atoms with Crippen molar-refractivity contribution in [3.63, 3.8) is 0 Å². The molecule has 4 nitrogen and oxygen atoms in total. The van der Waals surface area contributed by atoms with Gasteiger partial charge in [-0.05, 0) is 31.2 Å². The van der Waals surface area contributed by atoms with Crippen LogP contribution in [-0.2, 0) is 11.2 Å². The number of nitrogens with one attached hydrogen (secondary N) is 1. The highest BCUT2D eigenvalue weighted by Crippen LogP contribution is 2.14. The summed E-state index contributed by atoms with van der Waals surface area (Å²) >= 11 is 3.33. The predicted octanol–water partition coefficient (Wildman–Crippen LogP) is 2.93. The first kappa shape index (κ1) is 11.9. The molecule has 0 spiro atoms. The van der Waals surface area contributed by atoms with E-state index in [2.05, 4.69) is 26.2 Å². The van der Waals surface area contributed by atoms with E-state index in [4.69, 9.17) is 4.42 Å². The van der Waals surface area contributed by atoms with Crippen molar-refractivity contribution in [1.29, 1.82) is 0 Å². The van der Waals surface area contributed by atoms with E-state index >= 15 is 0 Å². The molecule has 0 radical (unpaired) electrons. The van der Waals surface area contributed by atoms with Crippen molar-refractivity contribution in [1.82, 2.24) is 4.98 Å². The Balaban J connectivity index is 1.98. The highest BCUT2D eigenvalue weighted by atomic mass is 79.9. The molecule has 0 atom stereocenters. The third-order valence-corrected chi connectivity index (χ3v) is 2.82. The highest BCUT2D eigenvalue weighted by Gasteiger charge is 2.09. The average molecular weight is 295 g/mol. The molecule has 0 aliphatic carbocycles. The first-order chi connectivity index (χ1) is 8.15. The monoisotopic (exact) mass is 294 g/mol. The molecular formula is C12H11BrN2O2. The molecule has 0 aliphatic heterocycles. The topological polar surface area (TPSA) is 55.1 Å². The summed E-state index contributed by atoms with van der Waals surface area (Å²) in [6.07, 6.45) is 1.54. The number of hydrogen-bond donors (Lipinski definition) is 1. The molecule has 1 heterocycles. The van der Waals surface area contributed by atoms with Gasteiger partial charge in [0.25, 0.3) is 0 Å². The van der Waals surface area contributed by atoms with Crippen LogP contribution in [0.5, 0.6) is 0 Å². The summed E-state index contributed by atoms with van der Waals surface area (Å²) in [7, 11) is 0. The molecule has 0 bridgehead atoms. The number of aryl methyl sites for hydroxylation is 1. The van der Waals surface area contributed by atoms with Crippen LogP contribution in [-0.4, -0.2) is 10.9 Å². The number of anilines is 1. The van der Waals surface area contributed by atoms with Crippen LogP contribution in [0.4, 0.5) is 5.69 Å². The number of halogens is 1. The van der Waals surface area contributed by atoms with Crippen molar-refractivity contribution in [3.8, 4) is 0 Å². The smallest absolute Gasteiger partial charge is 0.232 e. The number of rotatable bonds is 3. The van der Waals surface area contributed by atoms with Crippen LogP contribution in [0.3, 0.4) is 0 Å². The molecule has 1 N–H and O–H groups in total. The van der Waals surface area contributed by atoms with Gasteiger partial charge in [0.15, 0.2) is 6.39 Å². The van der Waals surface area contributed by atoms with Crippen molar-refractivity contribution in [2.75, 3.05) is 5.32 Å². The normalized spacial score (nSPS) is 10.2. The number of hydrogen-bond acceptors (Lipinski definition) is 3. The number of carbonyl (C=O) groups is 1. The molecule has 88 valence electrons. The predicted molar refractivity (Wildman–Crippen MR) is 67.7 cm³/mol. The summed E-state index contributed by atoms with van der Waals surface area (Å²) in [5.74, 6) is 0.479. The van der Waals surface area contributed by atoms with Gasteiger partial charge < -0.3 is 9.73 Å². The first-order valence-electron chi connectivity index (χ1n) is 5.09. The van der Waals surface area contributed by atoms with Gasteiger partial charge in [-0.15, -0.1) is 0 Å². The molecule has 1 amide bonds. The Kier molecular flexibility index (Phi) is 3.58. The summed E-state index contributed by atoms with van der Waals surface area (Å²) in [5.41, 5.74) is 1.51. The Morgan fingerprint density at radius 1 is 1.41 bits per heavy atom. The van der Waals surface area contributed by atoms with Crippen LogP contribution in [0.15, 0.2) is 39.5 Å². The molecule has 1 aromatic carbocycles. The van der Waals surface area contributed by atoms with Gasteiger partial charge in [0, 0.05) is 10.2 Å². The zero-order chi connectivity index (χ0) is 12.3. The molecule has 2 rings (SSSR count). The Labute approximate surface area is 107 Å². The van der Waals surface area contributed by atoms with E-state index in [0.717, 1.165) is 15.9 Å². The Morgan fingerprint density at radius 3 is 2.71 bits per heavy atom. The molecule has 5 heteroatoms. The number of benzene rings is 1. The van der Waals surface area contributed by atoms with Crippen LogP contribution in [0.2, 0.25) is 0 Å². The first-order valence-corrected chi connectivity index (χ1v) is 5.89. The van der Waals surface area contributed by atoms with E-state index in [-0.39, 0.29) is 12.3 Å². The summed E-state index contributed by atoms with van der Waals surface area (Å²) in [5, 5.41) is 2.79. The number of nitrogens with zero attached hydrogens (tertiary/aromatic N) is 1. The molecule has 0 fully saturated rings. The van der Waals surface area contributed by atoms with Gasteiger partial charge in [-0.2, -0.15) is 0 Å². The molecule has 0 unspecified atom stereocenters. The summed E-state index contributed by atoms with van der Waals surface area (Å²) in [4.78, 5) is 15.6. The summed E-state index contributed by atoms with van der Waals surface area (Å²) < 4.78 is 6.09. The Bertz CT molecular complexity index is 520. The van der Waals surface area contributed by atoms with E-state index in [1.54, 1.807) is 0 Å². The van der Waals surface area contributed by atoms with Crippen LogP contribution in [0.25, 0.3) is 0 Å². The van der Waals surface area contributed by atoms with Gasteiger partial charge in [-0.3, -0.25) is 4.79 Å². The third kappa shape index (κ3) is 3.17. The Morgan fingerprint density at radius 2 is 2.12 bits per heavy atom. The van der Waals surface area contributed by atoms with Crippen molar-refractivity contribution in [3.05, 3.63) is 46.6 Å². The van der Waals surface area contributed by atoms with Gasteiger partial charge in [0.2, 0.25) is 5.91 Å². The van der Waals surface area contributed by atoms with Crippen LogP contribution < -0.4 is 5.32 Å². The van der Waals surface area contributed by atoms with Crippen LogP contribution >= 0.6 is 15.9 Å². The molecule has 0 saturated heterocycles. The van der Waals surface area contributed by atoms with E-state index in [9.17, 15) is 4.79 Å². The lowest BCUT2D eigenvalue weighted by Gasteiger charge is -2.04. The Hall–Kier alpha value is -1.62. The fourth-order valence-corrected chi connectivity index (χ4v) is 1.64. The van der Waals surface area contributed by atoms with E-state index < -0.39 is 0 Å². The van der Waals surface area contributed by atoms with Crippen molar-refractivity contribution < 1.29 is 9.21 Å². The maximum atomic E-state index is 11.7. The molecule has 17 heavy (non-hydrogen) atoms. The van der Waals surface area contributed by atoms with E-state index in [1.165, 1.54) is 6.39 Å². The third-order valence-electron chi connectivity index (χ3n) is 2.29. The number of aromatic nitrogens is 1. The van der Waals surface area contributed by atoms with Crippen LogP contribution in [0, 0.1) is 6.92 Å². The van der Waals surface area contributed by atoms with Crippen molar-refractivity contribution in [2.24, 2.45) is 0 Å². The molecular weight excluding hydrogens is 284 g/mol. The maximum Gasteiger partial charge on any atom is 0.232 e. The SMILES string of the molecule is Cc1ncoc1CC(=O)Nc1ccc(Br)cc1. The van der Waals surface area contributed by atoms with Crippen molar-refractivity contribution in [2.45, 2.75) is 13.3 Å². The largest absolute Gasteiger partial charge is 0.448 e. The molecule has 0 saturated carbocycles. The fourth-order valence-electron chi connectivity index (χ4n) is 1.38. The lowest BCUT2D eigenvalue weighted by Crippen LogP contribution is -2.14. The highest BCUT2D eigenvalue weighted by molar-refractivity contribution is 9.10. The molecule has 2 aromatic rings. The van der Waals surface area contributed by atoms with Crippen LogP contribution in [0.1, 0.15) is 11.5 Å². The van der Waals surface area contributed by atoms with E-state index in [0.29, 0.717) is 5.76 Å². The minimum absolute atomic E-state index is 0.118. The van der Waals surface area contributed by atoms with Gasteiger partial charge in [-0.25, -0.2) is 4.98 Å². The molecule has 1 aromatic heterocycles. The lowest BCUT2D eigenvalue weighted by atomic mass is 10.2. The lowest BCUT2D eigenvalue weighted by molar-refractivity contribution is -0.115. The zero-order valence-electron chi connectivity index (χ0n) is 9.24. The zero-order valence-corrected chi connectivity index (χ0v) is 10.8. The quantitative estimate of drug-likeness (QED) is 0.947. The minimum atomic E-state index is -0.118. The second-order valence-corrected chi connectivity index (χ2v) is 4.51. The van der Waals surface area contributed by atoms with Gasteiger partial charge in [-0.1, -0.05) is 15.9 Å². The summed E-state index contributed by atoms with van der Waals surface area (Å²) in [6.45, 7) is 1.81. The number of oxazole rings is 1. The average Bonchev–Trinajstić information content (AvgIpc) is 2.68. The second kappa shape index (κ2) is 5.14. The van der Waals surface area contributed by atoms with E-state index in [1.807, 2.05) is 31.2 Å². The summed E-state index contributed by atoms with van der Waals surface area (Å²) in [6, 6.07) is 7.40. The molecule has 0 aliphatic rings. The maximum absolute atomic E-state index is 11.7. The number of carbonyl (C=O) groups excluding carboxylic acids is 1. The standard InChI is InChI=1S/C12H11BrN2O2/c1-8-11(17-7-14-8)6-12(16)15-10-4-2-9(13)3-5-10/h2-5,7H,6H2,1H3,(H,15,16). The van der Waals surface area contributed by atoms with Crippen molar-refractivity contribution >= 4 is 27.5 Å².